The molecule has 0 N–H and O–H groups in total. The summed E-state index contributed by atoms with van der Waals surface area (Å²) < 4.78 is 0. The molecule has 1 rings (SSSR count). The first-order valence-corrected chi connectivity index (χ1v) is 4.47. The largest absolute Gasteiger partial charge is 0.102 e. The standard InChI is InChI=1S/C13H15/c1-5-6-7-13-9-10(2)8-11(3)12(13)4/h8-9H,1,7H2,2-4H3. The summed E-state index contributed by atoms with van der Waals surface area (Å²) in [5, 5.41) is 0. The average Bonchev–Trinajstić information content (AvgIpc) is 2.09. The Kier molecular flexibility index (Phi) is 3.14. The van der Waals surface area contributed by atoms with Crippen molar-refractivity contribution in [1.82, 2.24) is 0 Å². The zero-order valence-corrected chi connectivity index (χ0v) is 8.57. The third kappa shape index (κ3) is 2.36. The lowest BCUT2D eigenvalue weighted by Crippen LogP contribution is -1.92. The van der Waals surface area contributed by atoms with Crippen LogP contribution in [0.25, 0.3) is 0 Å². The minimum Gasteiger partial charge on any atom is -0.102 e. The molecule has 0 unspecified atom stereocenters. The van der Waals surface area contributed by atoms with Crippen molar-refractivity contribution in [3.05, 3.63) is 41.3 Å². The molecule has 1 aromatic rings. The molecular formula is C13H15. The van der Waals surface area contributed by atoms with Crippen molar-refractivity contribution in [1.29, 1.82) is 0 Å². The number of hydrogen-bond acceptors (Lipinski definition) is 0. The van der Waals surface area contributed by atoms with Gasteiger partial charge in [-0.2, -0.15) is 0 Å². The number of aryl methyl sites for hydroxylation is 2. The van der Waals surface area contributed by atoms with Crippen molar-refractivity contribution >= 4 is 0 Å². The van der Waals surface area contributed by atoms with E-state index in [1.165, 1.54) is 22.3 Å². The SMILES string of the molecule is [CH2]C#CCc1cc(C)cc(C)c1C. The van der Waals surface area contributed by atoms with E-state index in [-0.39, 0.29) is 0 Å². The lowest BCUT2D eigenvalue weighted by molar-refractivity contribution is 1.18. The van der Waals surface area contributed by atoms with Crippen LogP contribution in [0.5, 0.6) is 0 Å². The molecular weight excluding hydrogens is 156 g/mol. The maximum absolute atomic E-state index is 3.51. The summed E-state index contributed by atoms with van der Waals surface area (Å²) in [6, 6.07) is 4.41. The molecule has 0 aliphatic rings. The summed E-state index contributed by atoms with van der Waals surface area (Å²) in [7, 11) is 0. The van der Waals surface area contributed by atoms with Crippen molar-refractivity contribution in [3.63, 3.8) is 0 Å². The second-order valence-electron chi connectivity index (χ2n) is 3.40. The van der Waals surface area contributed by atoms with Crippen LogP contribution in [0.15, 0.2) is 12.1 Å². The Morgan fingerprint density at radius 3 is 2.54 bits per heavy atom. The van der Waals surface area contributed by atoms with E-state index in [2.05, 4.69) is 51.7 Å². The van der Waals surface area contributed by atoms with Crippen molar-refractivity contribution in [2.45, 2.75) is 27.2 Å². The molecule has 13 heavy (non-hydrogen) atoms. The quantitative estimate of drug-likeness (QED) is 0.570. The topological polar surface area (TPSA) is 0 Å². The normalized spacial score (nSPS) is 9.23. The molecule has 0 heterocycles. The first kappa shape index (κ1) is 9.86. The zero-order valence-electron chi connectivity index (χ0n) is 8.57. The molecule has 0 atom stereocenters. The van der Waals surface area contributed by atoms with Crippen LogP contribution in [0.1, 0.15) is 22.3 Å². The molecule has 0 saturated heterocycles. The Morgan fingerprint density at radius 1 is 1.23 bits per heavy atom. The average molecular weight is 171 g/mol. The molecule has 0 nitrogen and oxygen atoms in total. The van der Waals surface area contributed by atoms with Crippen LogP contribution >= 0.6 is 0 Å². The molecule has 0 amide bonds. The zero-order chi connectivity index (χ0) is 9.84. The molecule has 1 radical (unpaired) electrons. The minimum absolute atomic E-state index is 0.817. The lowest BCUT2D eigenvalue weighted by atomic mass is 9.98. The Labute approximate surface area is 81.0 Å². The summed E-state index contributed by atoms with van der Waals surface area (Å²) in [6.45, 7) is 9.92. The van der Waals surface area contributed by atoms with Gasteiger partial charge >= 0.3 is 0 Å². The highest BCUT2D eigenvalue weighted by atomic mass is 14.0. The predicted molar refractivity (Wildman–Crippen MR) is 57.5 cm³/mol. The van der Waals surface area contributed by atoms with Gasteiger partial charge in [0, 0.05) is 13.3 Å². The van der Waals surface area contributed by atoms with Gasteiger partial charge in [-0.3, -0.25) is 0 Å². The van der Waals surface area contributed by atoms with Crippen LogP contribution in [-0.2, 0) is 6.42 Å². The Hall–Kier alpha value is -1.22. The third-order valence-corrected chi connectivity index (χ3v) is 2.32. The van der Waals surface area contributed by atoms with E-state index in [1.54, 1.807) is 0 Å². The van der Waals surface area contributed by atoms with Gasteiger partial charge in [0.2, 0.25) is 0 Å². The smallest absolute Gasteiger partial charge is 0.0343 e. The van der Waals surface area contributed by atoms with Gasteiger partial charge in [0.15, 0.2) is 0 Å². The molecule has 0 aromatic heterocycles. The van der Waals surface area contributed by atoms with Crippen LogP contribution in [0.2, 0.25) is 0 Å². The van der Waals surface area contributed by atoms with E-state index in [0.717, 1.165) is 6.42 Å². The summed E-state index contributed by atoms with van der Waals surface area (Å²) in [5.74, 6) is 5.68. The number of benzene rings is 1. The fraction of sp³-hybridized carbons (Fsp3) is 0.308. The third-order valence-electron chi connectivity index (χ3n) is 2.32. The predicted octanol–water partition coefficient (Wildman–Crippen LogP) is 2.99. The summed E-state index contributed by atoms with van der Waals surface area (Å²) in [5.41, 5.74) is 5.34. The van der Waals surface area contributed by atoms with E-state index >= 15 is 0 Å². The van der Waals surface area contributed by atoms with E-state index in [4.69, 9.17) is 0 Å². The van der Waals surface area contributed by atoms with Crippen molar-refractivity contribution in [3.8, 4) is 11.8 Å². The monoisotopic (exact) mass is 171 g/mol. The number of hydrogen-bond donors (Lipinski definition) is 0. The molecule has 0 saturated carbocycles. The van der Waals surface area contributed by atoms with Crippen LogP contribution in [-0.4, -0.2) is 0 Å². The maximum Gasteiger partial charge on any atom is 0.0343 e. The second-order valence-corrected chi connectivity index (χ2v) is 3.40. The summed E-state index contributed by atoms with van der Waals surface area (Å²) >= 11 is 0. The molecule has 0 fully saturated rings. The molecule has 0 aliphatic carbocycles. The van der Waals surface area contributed by atoms with E-state index in [9.17, 15) is 0 Å². The van der Waals surface area contributed by atoms with Crippen LogP contribution in [0, 0.1) is 39.5 Å². The Morgan fingerprint density at radius 2 is 1.92 bits per heavy atom. The van der Waals surface area contributed by atoms with Gasteiger partial charge in [-0.25, -0.2) is 0 Å². The first-order valence-electron chi connectivity index (χ1n) is 4.47. The highest BCUT2D eigenvalue weighted by molar-refractivity contribution is 5.39. The van der Waals surface area contributed by atoms with E-state index in [0.29, 0.717) is 0 Å². The van der Waals surface area contributed by atoms with Crippen LogP contribution in [0.3, 0.4) is 0 Å². The lowest BCUT2D eigenvalue weighted by Gasteiger charge is -2.07. The fourth-order valence-electron chi connectivity index (χ4n) is 1.47. The maximum atomic E-state index is 3.51. The van der Waals surface area contributed by atoms with Crippen molar-refractivity contribution in [2.75, 3.05) is 0 Å². The summed E-state index contributed by atoms with van der Waals surface area (Å²) in [6.07, 6.45) is 0.817. The molecule has 67 valence electrons. The molecule has 0 aliphatic heterocycles. The van der Waals surface area contributed by atoms with Gasteiger partial charge in [-0.15, -0.1) is 5.92 Å². The van der Waals surface area contributed by atoms with Gasteiger partial charge in [0.1, 0.15) is 0 Å². The minimum atomic E-state index is 0.817. The van der Waals surface area contributed by atoms with Gasteiger partial charge in [-0.1, -0.05) is 23.6 Å². The number of rotatable bonds is 1. The van der Waals surface area contributed by atoms with Crippen LogP contribution in [0.4, 0.5) is 0 Å². The summed E-state index contributed by atoms with van der Waals surface area (Å²) in [4.78, 5) is 0. The van der Waals surface area contributed by atoms with Crippen LogP contribution < -0.4 is 0 Å². The molecule has 1 aromatic carbocycles. The van der Waals surface area contributed by atoms with Gasteiger partial charge < -0.3 is 0 Å². The van der Waals surface area contributed by atoms with E-state index in [1.807, 2.05) is 0 Å². The van der Waals surface area contributed by atoms with Gasteiger partial charge in [0.25, 0.3) is 0 Å². The van der Waals surface area contributed by atoms with Crippen molar-refractivity contribution < 1.29 is 0 Å². The first-order chi connectivity index (χ1) is 6.15. The Bertz CT molecular complexity index is 362. The molecule has 0 heteroatoms. The highest BCUT2D eigenvalue weighted by Gasteiger charge is 2.00. The van der Waals surface area contributed by atoms with Gasteiger partial charge in [0.05, 0.1) is 0 Å². The van der Waals surface area contributed by atoms with E-state index < -0.39 is 0 Å². The molecule has 0 bridgehead atoms. The van der Waals surface area contributed by atoms with Crippen molar-refractivity contribution in [2.24, 2.45) is 0 Å². The fourth-order valence-corrected chi connectivity index (χ4v) is 1.47. The highest BCUT2D eigenvalue weighted by Crippen LogP contribution is 2.15. The molecule has 0 spiro atoms. The Balaban J connectivity index is 3.10. The second kappa shape index (κ2) is 4.14. The van der Waals surface area contributed by atoms with Gasteiger partial charge in [-0.05, 0) is 37.5 Å².